The molecule has 1 atom stereocenters. The molecule has 1 aliphatic rings. The Morgan fingerprint density at radius 1 is 1.31 bits per heavy atom. The van der Waals surface area contributed by atoms with Gasteiger partial charge in [-0.15, -0.1) is 0 Å². The summed E-state index contributed by atoms with van der Waals surface area (Å²) >= 11 is 0. The topological polar surface area (TPSA) is 29.5 Å². The minimum atomic E-state index is 0.126. The summed E-state index contributed by atoms with van der Waals surface area (Å²) in [5.41, 5.74) is 2.30. The van der Waals surface area contributed by atoms with E-state index in [2.05, 4.69) is 12.1 Å². The van der Waals surface area contributed by atoms with Gasteiger partial charge in [0.1, 0.15) is 0 Å². The third kappa shape index (κ3) is 1.90. The van der Waals surface area contributed by atoms with Crippen LogP contribution in [0.2, 0.25) is 0 Å². The monoisotopic (exact) mass is 178 g/mol. The first-order valence-corrected chi connectivity index (χ1v) is 4.67. The van der Waals surface area contributed by atoms with Crippen LogP contribution in [-0.2, 0) is 11.3 Å². The summed E-state index contributed by atoms with van der Waals surface area (Å²) < 4.78 is 5.32. The molecule has 0 aliphatic carbocycles. The molecule has 1 fully saturated rings. The number of aliphatic hydroxyl groups is 1. The van der Waals surface area contributed by atoms with Crippen LogP contribution in [0.15, 0.2) is 24.3 Å². The van der Waals surface area contributed by atoms with Gasteiger partial charge in [0.15, 0.2) is 0 Å². The lowest BCUT2D eigenvalue weighted by atomic mass is 9.98. The van der Waals surface area contributed by atoms with E-state index in [0.717, 1.165) is 25.2 Å². The van der Waals surface area contributed by atoms with Crippen LogP contribution < -0.4 is 0 Å². The number of hydrogen-bond donors (Lipinski definition) is 1. The second kappa shape index (κ2) is 3.90. The Morgan fingerprint density at radius 2 is 2.08 bits per heavy atom. The zero-order valence-corrected chi connectivity index (χ0v) is 7.57. The van der Waals surface area contributed by atoms with Gasteiger partial charge in [0, 0.05) is 12.5 Å². The van der Waals surface area contributed by atoms with Gasteiger partial charge >= 0.3 is 0 Å². The van der Waals surface area contributed by atoms with Crippen LogP contribution in [-0.4, -0.2) is 18.3 Å². The van der Waals surface area contributed by atoms with E-state index in [0.29, 0.717) is 5.92 Å². The number of hydrogen-bond acceptors (Lipinski definition) is 2. The first kappa shape index (κ1) is 8.73. The molecule has 1 saturated heterocycles. The maximum atomic E-state index is 8.87. The quantitative estimate of drug-likeness (QED) is 0.746. The molecule has 2 heteroatoms. The summed E-state index contributed by atoms with van der Waals surface area (Å²) in [5.74, 6) is 0.563. The van der Waals surface area contributed by atoms with E-state index in [4.69, 9.17) is 9.84 Å². The predicted molar refractivity (Wildman–Crippen MR) is 50.5 cm³/mol. The van der Waals surface area contributed by atoms with Crippen LogP contribution in [0.1, 0.15) is 23.5 Å². The minimum absolute atomic E-state index is 0.126. The highest BCUT2D eigenvalue weighted by molar-refractivity contribution is 5.25. The fraction of sp³-hybridized carbons (Fsp3) is 0.455. The Balaban J connectivity index is 2.12. The molecular weight excluding hydrogens is 164 g/mol. The van der Waals surface area contributed by atoms with Crippen molar-refractivity contribution in [1.82, 2.24) is 0 Å². The second-order valence-electron chi connectivity index (χ2n) is 3.46. The normalized spacial score (nSPS) is 22.1. The molecule has 1 aliphatic heterocycles. The van der Waals surface area contributed by atoms with Crippen molar-refractivity contribution in [3.8, 4) is 0 Å². The molecule has 2 nitrogen and oxygen atoms in total. The molecule has 1 heterocycles. The third-order valence-corrected chi connectivity index (χ3v) is 2.56. The van der Waals surface area contributed by atoms with E-state index in [9.17, 15) is 0 Å². The summed E-state index contributed by atoms with van der Waals surface area (Å²) in [5, 5.41) is 8.87. The highest BCUT2D eigenvalue weighted by Crippen LogP contribution is 2.25. The van der Waals surface area contributed by atoms with Gasteiger partial charge in [-0.3, -0.25) is 0 Å². The molecule has 0 aromatic heterocycles. The zero-order chi connectivity index (χ0) is 9.10. The van der Waals surface area contributed by atoms with Gasteiger partial charge in [0.05, 0.1) is 13.2 Å². The number of ether oxygens (including phenoxy) is 1. The summed E-state index contributed by atoms with van der Waals surface area (Å²) in [7, 11) is 0. The van der Waals surface area contributed by atoms with Crippen molar-refractivity contribution in [3.05, 3.63) is 35.4 Å². The second-order valence-corrected chi connectivity index (χ2v) is 3.46. The summed E-state index contributed by atoms with van der Waals surface area (Å²) in [6.45, 7) is 1.85. The highest BCUT2D eigenvalue weighted by atomic mass is 16.5. The Bertz CT molecular complexity index is 260. The molecule has 0 spiro atoms. The van der Waals surface area contributed by atoms with E-state index in [1.54, 1.807) is 0 Å². The molecule has 1 aromatic carbocycles. The van der Waals surface area contributed by atoms with Gasteiger partial charge in [-0.05, 0) is 17.5 Å². The number of rotatable bonds is 2. The van der Waals surface area contributed by atoms with Gasteiger partial charge in [-0.1, -0.05) is 24.3 Å². The molecule has 2 rings (SSSR count). The van der Waals surface area contributed by atoms with Gasteiger partial charge in [-0.2, -0.15) is 0 Å². The molecule has 1 aromatic rings. The predicted octanol–water partition coefficient (Wildman–Crippen LogP) is 1.68. The standard InChI is InChI=1S/C11H14O2/c12-7-9-1-3-10(4-2-9)11-5-6-13-8-11/h1-4,11-12H,5-8H2. The molecule has 13 heavy (non-hydrogen) atoms. The average Bonchev–Trinajstić information content (AvgIpc) is 2.71. The number of benzene rings is 1. The SMILES string of the molecule is OCc1ccc(C2CCOC2)cc1. The van der Waals surface area contributed by atoms with Crippen molar-refractivity contribution in [1.29, 1.82) is 0 Å². The molecular formula is C11H14O2. The zero-order valence-electron chi connectivity index (χ0n) is 7.57. The third-order valence-electron chi connectivity index (χ3n) is 2.56. The van der Waals surface area contributed by atoms with Gasteiger partial charge in [0.25, 0.3) is 0 Å². The summed E-state index contributed by atoms with van der Waals surface area (Å²) in [6.07, 6.45) is 1.12. The van der Waals surface area contributed by atoms with E-state index < -0.39 is 0 Å². The van der Waals surface area contributed by atoms with Crippen molar-refractivity contribution >= 4 is 0 Å². The van der Waals surface area contributed by atoms with Gasteiger partial charge in [-0.25, -0.2) is 0 Å². The smallest absolute Gasteiger partial charge is 0.0681 e. The van der Waals surface area contributed by atoms with Crippen LogP contribution in [0.4, 0.5) is 0 Å². The molecule has 0 saturated carbocycles. The summed E-state index contributed by atoms with van der Waals surface area (Å²) in [6, 6.07) is 8.14. The molecule has 0 radical (unpaired) electrons. The Kier molecular flexibility index (Phi) is 2.62. The highest BCUT2D eigenvalue weighted by Gasteiger charge is 2.16. The van der Waals surface area contributed by atoms with E-state index in [1.807, 2.05) is 12.1 Å². The lowest BCUT2D eigenvalue weighted by Gasteiger charge is -2.07. The molecule has 1 N–H and O–H groups in total. The minimum Gasteiger partial charge on any atom is -0.392 e. The summed E-state index contributed by atoms with van der Waals surface area (Å²) in [4.78, 5) is 0. The lowest BCUT2D eigenvalue weighted by Crippen LogP contribution is -1.97. The fourth-order valence-corrected chi connectivity index (χ4v) is 1.69. The van der Waals surface area contributed by atoms with Crippen molar-refractivity contribution in [2.24, 2.45) is 0 Å². The average molecular weight is 178 g/mol. The van der Waals surface area contributed by atoms with Crippen LogP contribution in [0.3, 0.4) is 0 Å². The van der Waals surface area contributed by atoms with Gasteiger partial charge in [0.2, 0.25) is 0 Å². The maximum absolute atomic E-state index is 8.87. The van der Waals surface area contributed by atoms with Gasteiger partial charge < -0.3 is 9.84 Å². The molecule has 1 unspecified atom stereocenters. The molecule has 0 amide bonds. The Hall–Kier alpha value is -0.860. The maximum Gasteiger partial charge on any atom is 0.0681 e. The number of aliphatic hydroxyl groups excluding tert-OH is 1. The molecule has 70 valence electrons. The van der Waals surface area contributed by atoms with Crippen LogP contribution >= 0.6 is 0 Å². The largest absolute Gasteiger partial charge is 0.392 e. The fourth-order valence-electron chi connectivity index (χ4n) is 1.69. The lowest BCUT2D eigenvalue weighted by molar-refractivity contribution is 0.194. The van der Waals surface area contributed by atoms with E-state index in [1.165, 1.54) is 5.56 Å². The van der Waals surface area contributed by atoms with E-state index >= 15 is 0 Å². The first-order chi connectivity index (χ1) is 6.40. The van der Waals surface area contributed by atoms with Crippen LogP contribution in [0, 0.1) is 0 Å². The van der Waals surface area contributed by atoms with Crippen molar-refractivity contribution in [2.75, 3.05) is 13.2 Å². The van der Waals surface area contributed by atoms with Crippen molar-refractivity contribution < 1.29 is 9.84 Å². The Morgan fingerprint density at radius 3 is 2.62 bits per heavy atom. The Labute approximate surface area is 78.2 Å². The molecule has 0 bridgehead atoms. The van der Waals surface area contributed by atoms with E-state index in [-0.39, 0.29) is 6.61 Å². The van der Waals surface area contributed by atoms with Crippen molar-refractivity contribution in [2.45, 2.75) is 18.9 Å². The van der Waals surface area contributed by atoms with Crippen LogP contribution in [0.5, 0.6) is 0 Å². The van der Waals surface area contributed by atoms with Crippen LogP contribution in [0.25, 0.3) is 0 Å². The van der Waals surface area contributed by atoms with Crippen molar-refractivity contribution in [3.63, 3.8) is 0 Å². The first-order valence-electron chi connectivity index (χ1n) is 4.67.